The highest BCUT2D eigenvalue weighted by molar-refractivity contribution is 6.33. The van der Waals surface area contributed by atoms with Crippen molar-refractivity contribution in [2.75, 3.05) is 11.1 Å². The van der Waals surface area contributed by atoms with Crippen LogP contribution in [-0.4, -0.2) is 9.78 Å². The van der Waals surface area contributed by atoms with Crippen molar-refractivity contribution in [3.8, 4) is 0 Å². The molecule has 0 atom stereocenters. The number of anilines is 3. The van der Waals surface area contributed by atoms with Crippen molar-refractivity contribution in [3.63, 3.8) is 0 Å². The molecule has 3 N–H and O–H groups in total. The Bertz CT molecular complexity index is 519. The number of benzene rings is 1. The van der Waals surface area contributed by atoms with Crippen LogP contribution in [0, 0.1) is 6.92 Å². The third-order valence-electron chi connectivity index (χ3n) is 2.34. The first-order valence-corrected chi connectivity index (χ1v) is 5.27. The molecule has 1 aromatic carbocycles. The number of hydrogen-bond acceptors (Lipinski definition) is 3. The SMILES string of the molecule is Cc1nn(C)cc1Nc1cccc(Cl)c1N. The van der Waals surface area contributed by atoms with Crippen molar-refractivity contribution >= 4 is 28.7 Å². The van der Waals surface area contributed by atoms with Crippen molar-refractivity contribution < 1.29 is 0 Å². The minimum atomic E-state index is 0.548. The van der Waals surface area contributed by atoms with E-state index >= 15 is 0 Å². The zero-order valence-electron chi connectivity index (χ0n) is 9.16. The van der Waals surface area contributed by atoms with Gasteiger partial charge >= 0.3 is 0 Å². The molecule has 0 saturated carbocycles. The van der Waals surface area contributed by atoms with Gasteiger partial charge in [0.25, 0.3) is 0 Å². The molecule has 0 fully saturated rings. The van der Waals surface area contributed by atoms with Gasteiger partial charge in [0.15, 0.2) is 0 Å². The summed E-state index contributed by atoms with van der Waals surface area (Å²) in [6.45, 7) is 1.93. The molecular formula is C11H13ClN4. The third kappa shape index (κ3) is 1.97. The van der Waals surface area contributed by atoms with E-state index in [1.54, 1.807) is 10.7 Å². The van der Waals surface area contributed by atoms with Gasteiger partial charge in [-0.1, -0.05) is 17.7 Å². The molecule has 0 aliphatic rings. The van der Waals surface area contributed by atoms with E-state index in [-0.39, 0.29) is 0 Å². The zero-order chi connectivity index (χ0) is 11.7. The normalized spacial score (nSPS) is 10.4. The fourth-order valence-electron chi connectivity index (χ4n) is 1.51. The second-order valence-electron chi connectivity index (χ2n) is 3.63. The van der Waals surface area contributed by atoms with Crippen LogP contribution >= 0.6 is 11.6 Å². The number of hydrogen-bond donors (Lipinski definition) is 2. The van der Waals surface area contributed by atoms with Gasteiger partial charge in [-0.05, 0) is 19.1 Å². The number of nitrogens with one attached hydrogen (secondary N) is 1. The smallest absolute Gasteiger partial charge is 0.0828 e. The fraction of sp³-hybridized carbons (Fsp3) is 0.182. The maximum atomic E-state index is 5.94. The van der Waals surface area contributed by atoms with Crippen LogP contribution in [0.2, 0.25) is 5.02 Å². The van der Waals surface area contributed by atoms with E-state index in [1.807, 2.05) is 32.3 Å². The average molecular weight is 237 g/mol. The minimum Gasteiger partial charge on any atom is -0.396 e. The van der Waals surface area contributed by atoms with Gasteiger partial charge in [0.2, 0.25) is 0 Å². The van der Waals surface area contributed by atoms with Crippen LogP contribution in [0.1, 0.15) is 5.69 Å². The number of aryl methyl sites for hydroxylation is 2. The Labute approximate surface area is 99.0 Å². The lowest BCUT2D eigenvalue weighted by molar-refractivity contribution is 0.756. The Morgan fingerprint density at radius 2 is 2.12 bits per heavy atom. The van der Waals surface area contributed by atoms with E-state index in [4.69, 9.17) is 17.3 Å². The molecule has 0 saturated heterocycles. The Hall–Kier alpha value is -1.68. The second-order valence-corrected chi connectivity index (χ2v) is 4.04. The molecule has 16 heavy (non-hydrogen) atoms. The first kappa shape index (κ1) is 10.8. The quantitative estimate of drug-likeness (QED) is 0.789. The van der Waals surface area contributed by atoms with Gasteiger partial charge in [0, 0.05) is 13.2 Å². The van der Waals surface area contributed by atoms with Crippen molar-refractivity contribution in [3.05, 3.63) is 35.1 Å². The van der Waals surface area contributed by atoms with Gasteiger partial charge in [0.05, 0.1) is 27.8 Å². The van der Waals surface area contributed by atoms with Crippen LogP contribution in [0.3, 0.4) is 0 Å². The topological polar surface area (TPSA) is 55.9 Å². The maximum absolute atomic E-state index is 5.94. The van der Waals surface area contributed by atoms with Crippen LogP contribution in [0.15, 0.2) is 24.4 Å². The fourth-order valence-corrected chi connectivity index (χ4v) is 1.69. The molecule has 0 spiro atoms. The second kappa shape index (κ2) is 4.06. The summed E-state index contributed by atoms with van der Waals surface area (Å²) in [6.07, 6.45) is 1.90. The predicted octanol–water partition coefficient (Wildman–Crippen LogP) is 2.71. The summed E-state index contributed by atoms with van der Waals surface area (Å²) in [6, 6.07) is 5.50. The standard InChI is InChI=1S/C11H13ClN4/c1-7-10(6-16(2)15-7)14-9-5-3-4-8(12)11(9)13/h3-6,14H,13H2,1-2H3. The summed E-state index contributed by atoms with van der Waals surface area (Å²) < 4.78 is 1.75. The van der Waals surface area contributed by atoms with Crippen LogP contribution in [-0.2, 0) is 7.05 Å². The minimum absolute atomic E-state index is 0.548. The molecule has 1 heterocycles. The molecule has 2 rings (SSSR count). The van der Waals surface area contributed by atoms with Crippen molar-refractivity contribution in [1.82, 2.24) is 9.78 Å². The summed E-state index contributed by atoms with van der Waals surface area (Å²) in [7, 11) is 1.87. The number of nitrogens with zero attached hydrogens (tertiary/aromatic N) is 2. The van der Waals surface area contributed by atoms with Crippen molar-refractivity contribution in [2.45, 2.75) is 6.92 Å². The van der Waals surface area contributed by atoms with Crippen molar-refractivity contribution in [1.29, 1.82) is 0 Å². The number of aromatic nitrogens is 2. The van der Waals surface area contributed by atoms with E-state index in [0.717, 1.165) is 17.1 Å². The summed E-state index contributed by atoms with van der Waals surface area (Å²) in [4.78, 5) is 0. The lowest BCUT2D eigenvalue weighted by Crippen LogP contribution is -1.97. The number of halogens is 1. The zero-order valence-corrected chi connectivity index (χ0v) is 9.92. The molecule has 0 bridgehead atoms. The molecule has 0 aliphatic carbocycles. The number of nitrogens with two attached hydrogens (primary N) is 1. The largest absolute Gasteiger partial charge is 0.396 e. The number of nitrogen functional groups attached to an aromatic ring is 1. The van der Waals surface area contributed by atoms with E-state index in [0.29, 0.717) is 10.7 Å². The molecule has 1 aromatic heterocycles. The first-order chi connectivity index (χ1) is 7.58. The lowest BCUT2D eigenvalue weighted by Gasteiger charge is -2.08. The van der Waals surface area contributed by atoms with Gasteiger partial charge in [-0.15, -0.1) is 0 Å². The predicted molar refractivity (Wildman–Crippen MR) is 67.1 cm³/mol. The van der Waals surface area contributed by atoms with E-state index in [9.17, 15) is 0 Å². The maximum Gasteiger partial charge on any atom is 0.0828 e. The van der Waals surface area contributed by atoms with Crippen LogP contribution in [0.5, 0.6) is 0 Å². The Morgan fingerprint density at radius 1 is 1.38 bits per heavy atom. The highest BCUT2D eigenvalue weighted by Gasteiger charge is 2.06. The van der Waals surface area contributed by atoms with Gasteiger partial charge in [-0.25, -0.2) is 0 Å². The Balaban J connectivity index is 2.34. The molecule has 0 amide bonds. The number of para-hydroxylation sites is 1. The molecule has 4 nitrogen and oxygen atoms in total. The Kier molecular flexibility index (Phi) is 2.75. The molecular weight excluding hydrogens is 224 g/mol. The van der Waals surface area contributed by atoms with Crippen LogP contribution < -0.4 is 11.1 Å². The van der Waals surface area contributed by atoms with Gasteiger partial charge in [-0.3, -0.25) is 4.68 Å². The van der Waals surface area contributed by atoms with E-state index in [1.165, 1.54) is 0 Å². The molecule has 0 radical (unpaired) electrons. The number of rotatable bonds is 2. The van der Waals surface area contributed by atoms with Crippen LogP contribution in [0.25, 0.3) is 0 Å². The summed E-state index contributed by atoms with van der Waals surface area (Å²) in [5, 5.41) is 8.00. The summed E-state index contributed by atoms with van der Waals surface area (Å²) >= 11 is 5.94. The molecule has 84 valence electrons. The lowest BCUT2D eigenvalue weighted by atomic mass is 10.2. The first-order valence-electron chi connectivity index (χ1n) is 4.89. The molecule has 0 unspecified atom stereocenters. The molecule has 0 aliphatic heterocycles. The summed E-state index contributed by atoms with van der Waals surface area (Å²) in [5.74, 6) is 0. The van der Waals surface area contributed by atoms with Gasteiger partial charge < -0.3 is 11.1 Å². The van der Waals surface area contributed by atoms with Gasteiger partial charge in [-0.2, -0.15) is 5.10 Å². The third-order valence-corrected chi connectivity index (χ3v) is 2.67. The van der Waals surface area contributed by atoms with E-state index < -0.39 is 0 Å². The van der Waals surface area contributed by atoms with Gasteiger partial charge in [0.1, 0.15) is 0 Å². The van der Waals surface area contributed by atoms with Crippen LogP contribution in [0.4, 0.5) is 17.1 Å². The molecule has 5 heteroatoms. The Morgan fingerprint density at radius 3 is 2.75 bits per heavy atom. The monoisotopic (exact) mass is 236 g/mol. The average Bonchev–Trinajstić information content (AvgIpc) is 2.53. The highest BCUT2D eigenvalue weighted by Crippen LogP contribution is 2.29. The highest BCUT2D eigenvalue weighted by atomic mass is 35.5. The van der Waals surface area contributed by atoms with Crippen molar-refractivity contribution in [2.24, 2.45) is 7.05 Å². The summed E-state index contributed by atoms with van der Waals surface area (Å²) in [5.41, 5.74) is 9.05. The molecule has 2 aromatic rings. The van der Waals surface area contributed by atoms with E-state index in [2.05, 4.69) is 10.4 Å².